The standard InChI is InChI=1S/C33H27NO4/c35-33(14-6-21-5-13-30-31(17-21)38-20-37-30)34-19-32-27(15-16-36-32)24-8-10-26-23(18-24)9-12-28-25-4-2-1-3-22(25)7-11-29(26)28/h1-7,9,11-17,24H,8,10,18-20H2,(H,34,35). The average Bonchev–Trinajstić information content (AvgIpc) is 3.63. The highest BCUT2D eigenvalue weighted by Gasteiger charge is 2.25. The maximum absolute atomic E-state index is 12.5. The molecule has 7 rings (SSSR count). The molecule has 0 fully saturated rings. The summed E-state index contributed by atoms with van der Waals surface area (Å²) in [5.41, 5.74) is 4.95. The van der Waals surface area contributed by atoms with Crippen molar-refractivity contribution >= 4 is 33.5 Å². The topological polar surface area (TPSA) is 60.7 Å². The molecule has 0 spiro atoms. The number of nitrogens with one attached hydrogen (secondary N) is 1. The molecular weight excluding hydrogens is 474 g/mol. The fourth-order valence-electron chi connectivity index (χ4n) is 5.91. The predicted octanol–water partition coefficient (Wildman–Crippen LogP) is 6.92. The molecule has 38 heavy (non-hydrogen) atoms. The van der Waals surface area contributed by atoms with Gasteiger partial charge in [-0.2, -0.15) is 0 Å². The van der Waals surface area contributed by atoms with Gasteiger partial charge >= 0.3 is 0 Å². The van der Waals surface area contributed by atoms with Gasteiger partial charge in [0.2, 0.25) is 12.7 Å². The van der Waals surface area contributed by atoms with Gasteiger partial charge in [-0.1, -0.05) is 54.6 Å². The van der Waals surface area contributed by atoms with Gasteiger partial charge in [-0.15, -0.1) is 0 Å². The number of carbonyl (C=O) groups excluding carboxylic acids is 1. The average molecular weight is 502 g/mol. The minimum atomic E-state index is -0.169. The van der Waals surface area contributed by atoms with Gasteiger partial charge < -0.3 is 19.2 Å². The van der Waals surface area contributed by atoms with Gasteiger partial charge in [-0.05, 0) is 93.3 Å². The van der Waals surface area contributed by atoms with Crippen LogP contribution in [0.1, 0.15) is 40.4 Å². The van der Waals surface area contributed by atoms with Gasteiger partial charge in [0.25, 0.3) is 0 Å². The van der Waals surface area contributed by atoms with Crippen LogP contribution in [0.15, 0.2) is 89.6 Å². The normalized spacial score (nSPS) is 16.3. The van der Waals surface area contributed by atoms with Gasteiger partial charge in [0, 0.05) is 6.08 Å². The molecule has 1 amide bonds. The van der Waals surface area contributed by atoms with Gasteiger partial charge in [0.15, 0.2) is 11.5 Å². The summed E-state index contributed by atoms with van der Waals surface area (Å²) in [7, 11) is 0. The number of hydrogen-bond donors (Lipinski definition) is 1. The van der Waals surface area contributed by atoms with Crippen molar-refractivity contribution in [3.8, 4) is 11.5 Å². The number of furan rings is 1. The Morgan fingerprint density at radius 1 is 0.921 bits per heavy atom. The minimum absolute atomic E-state index is 0.169. The van der Waals surface area contributed by atoms with Crippen LogP contribution in [0.2, 0.25) is 0 Å². The van der Waals surface area contributed by atoms with E-state index in [1.807, 2.05) is 18.2 Å². The molecular formula is C33H27NO4. The molecule has 1 aliphatic heterocycles. The fraction of sp³-hybridized carbons (Fsp3) is 0.182. The highest BCUT2D eigenvalue weighted by atomic mass is 16.7. The lowest BCUT2D eigenvalue weighted by molar-refractivity contribution is -0.116. The van der Waals surface area contributed by atoms with Crippen LogP contribution in [0.25, 0.3) is 27.6 Å². The quantitative estimate of drug-likeness (QED) is 0.210. The third-order valence-electron chi connectivity index (χ3n) is 7.81. The van der Waals surface area contributed by atoms with Crippen LogP contribution in [0, 0.1) is 0 Å². The predicted molar refractivity (Wildman–Crippen MR) is 148 cm³/mol. The van der Waals surface area contributed by atoms with E-state index >= 15 is 0 Å². The zero-order valence-corrected chi connectivity index (χ0v) is 20.9. The highest BCUT2D eigenvalue weighted by molar-refractivity contribution is 6.08. The summed E-state index contributed by atoms with van der Waals surface area (Å²) in [4.78, 5) is 12.5. The van der Waals surface area contributed by atoms with E-state index in [0.717, 1.165) is 36.3 Å². The summed E-state index contributed by atoms with van der Waals surface area (Å²) < 4.78 is 16.6. The van der Waals surface area contributed by atoms with E-state index in [0.29, 0.717) is 18.2 Å². The zero-order valence-electron chi connectivity index (χ0n) is 20.9. The Morgan fingerprint density at radius 2 is 1.82 bits per heavy atom. The lowest BCUT2D eigenvalue weighted by Crippen LogP contribution is -2.21. The van der Waals surface area contributed by atoms with Crippen molar-refractivity contribution in [1.82, 2.24) is 5.32 Å². The summed E-state index contributed by atoms with van der Waals surface area (Å²) in [5.74, 6) is 2.45. The molecule has 4 aromatic carbocycles. The third-order valence-corrected chi connectivity index (χ3v) is 7.81. The van der Waals surface area contributed by atoms with Gasteiger partial charge in [0.1, 0.15) is 5.76 Å². The van der Waals surface area contributed by atoms with Crippen LogP contribution in [0.4, 0.5) is 0 Å². The first kappa shape index (κ1) is 22.7. The van der Waals surface area contributed by atoms with Crippen molar-refractivity contribution in [3.05, 3.63) is 113 Å². The second-order valence-electron chi connectivity index (χ2n) is 9.99. The molecule has 5 aromatic rings. The highest BCUT2D eigenvalue weighted by Crippen LogP contribution is 2.39. The summed E-state index contributed by atoms with van der Waals surface area (Å²) in [6, 6.07) is 25.4. The molecule has 2 aliphatic rings. The number of aryl methyl sites for hydroxylation is 1. The number of amides is 1. The van der Waals surface area contributed by atoms with Crippen molar-refractivity contribution in [3.63, 3.8) is 0 Å². The van der Waals surface area contributed by atoms with E-state index in [4.69, 9.17) is 13.9 Å². The molecule has 0 radical (unpaired) electrons. The zero-order chi connectivity index (χ0) is 25.5. The summed E-state index contributed by atoms with van der Waals surface area (Å²) in [5, 5.41) is 8.27. The van der Waals surface area contributed by atoms with E-state index in [2.05, 4.69) is 59.9 Å². The number of rotatable bonds is 5. The Bertz CT molecular complexity index is 1710. The molecule has 1 atom stereocenters. The summed E-state index contributed by atoms with van der Waals surface area (Å²) in [6.07, 6.45) is 8.11. The number of ether oxygens (including phenoxy) is 2. The molecule has 1 N–H and O–H groups in total. The van der Waals surface area contributed by atoms with Crippen LogP contribution in [-0.4, -0.2) is 12.7 Å². The summed E-state index contributed by atoms with van der Waals surface area (Å²) in [6.45, 7) is 0.592. The van der Waals surface area contributed by atoms with Crippen LogP contribution in [0.3, 0.4) is 0 Å². The Morgan fingerprint density at radius 3 is 2.79 bits per heavy atom. The van der Waals surface area contributed by atoms with Crippen LogP contribution < -0.4 is 14.8 Å². The Labute approximate surface area is 220 Å². The van der Waals surface area contributed by atoms with E-state index in [9.17, 15) is 4.79 Å². The van der Waals surface area contributed by atoms with Crippen molar-refractivity contribution in [2.75, 3.05) is 6.79 Å². The maximum atomic E-state index is 12.5. The van der Waals surface area contributed by atoms with Crippen molar-refractivity contribution in [1.29, 1.82) is 0 Å². The molecule has 2 heterocycles. The third kappa shape index (κ3) is 4.10. The molecule has 1 aromatic heterocycles. The van der Waals surface area contributed by atoms with Gasteiger partial charge in [-0.25, -0.2) is 0 Å². The molecule has 5 nitrogen and oxygen atoms in total. The van der Waals surface area contributed by atoms with Crippen LogP contribution in [0.5, 0.6) is 11.5 Å². The lowest BCUT2D eigenvalue weighted by Gasteiger charge is -2.26. The second kappa shape index (κ2) is 9.42. The molecule has 5 heteroatoms. The first-order valence-electron chi connectivity index (χ1n) is 13.1. The van der Waals surface area contributed by atoms with Gasteiger partial charge in [0.05, 0.1) is 12.8 Å². The monoisotopic (exact) mass is 501 g/mol. The van der Waals surface area contributed by atoms with E-state index in [1.165, 1.54) is 44.3 Å². The fourth-order valence-corrected chi connectivity index (χ4v) is 5.91. The lowest BCUT2D eigenvalue weighted by atomic mass is 9.78. The summed E-state index contributed by atoms with van der Waals surface area (Å²) >= 11 is 0. The van der Waals surface area contributed by atoms with Crippen LogP contribution >= 0.6 is 0 Å². The molecule has 188 valence electrons. The largest absolute Gasteiger partial charge is 0.467 e. The van der Waals surface area contributed by atoms with Crippen molar-refractivity contribution < 1.29 is 18.7 Å². The first-order valence-corrected chi connectivity index (χ1v) is 13.1. The minimum Gasteiger partial charge on any atom is -0.467 e. The van der Waals surface area contributed by atoms with E-state index in [-0.39, 0.29) is 12.7 Å². The molecule has 1 unspecified atom stereocenters. The van der Waals surface area contributed by atoms with Crippen molar-refractivity contribution in [2.45, 2.75) is 31.7 Å². The number of carbonyl (C=O) groups is 1. The van der Waals surface area contributed by atoms with Gasteiger partial charge in [-0.3, -0.25) is 4.79 Å². The van der Waals surface area contributed by atoms with Crippen molar-refractivity contribution in [2.24, 2.45) is 0 Å². The molecule has 0 saturated heterocycles. The van der Waals surface area contributed by atoms with E-state index in [1.54, 1.807) is 12.3 Å². The smallest absolute Gasteiger partial charge is 0.244 e. The number of fused-ring (bicyclic) bond motifs is 6. The Hall–Kier alpha value is -4.51. The molecule has 1 aliphatic carbocycles. The molecule has 0 bridgehead atoms. The van der Waals surface area contributed by atoms with E-state index < -0.39 is 0 Å². The van der Waals surface area contributed by atoms with Crippen LogP contribution in [-0.2, 0) is 24.2 Å². The second-order valence-corrected chi connectivity index (χ2v) is 9.99. The Kier molecular flexibility index (Phi) is 5.62. The Balaban J connectivity index is 1.05. The first-order chi connectivity index (χ1) is 18.7. The number of benzene rings is 4. The SMILES string of the molecule is O=C(C=Cc1ccc2c(c1)OCO2)NCc1occc1C1CCc2c(ccc3c2ccc2ccccc23)C1. The molecule has 0 saturated carbocycles. The maximum Gasteiger partial charge on any atom is 0.244 e. The number of hydrogen-bond acceptors (Lipinski definition) is 4.